The van der Waals surface area contributed by atoms with Crippen molar-refractivity contribution in [2.24, 2.45) is 0 Å². The Balaban J connectivity index is 1.56. The third-order valence-electron chi connectivity index (χ3n) is 4.26. The molecule has 0 unspecified atom stereocenters. The summed E-state index contributed by atoms with van der Waals surface area (Å²) in [5.74, 6) is 1.76. The summed E-state index contributed by atoms with van der Waals surface area (Å²) in [6, 6.07) is 16.3. The smallest absolute Gasteiger partial charge is 0.247 e. The average molecular weight is 361 g/mol. The molecular weight excluding hydrogens is 342 g/mol. The fourth-order valence-corrected chi connectivity index (χ4v) is 3.84. The third-order valence-corrected chi connectivity index (χ3v) is 5.16. The number of nitrogens with zero attached hydrogens (tertiary/aromatic N) is 3. The topological polar surface area (TPSA) is 51.8 Å². The molecule has 0 saturated carbocycles. The van der Waals surface area contributed by atoms with E-state index in [9.17, 15) is 0 Å². The second-order valence-corrected chi connectivity index (χ2v) is 7.41. The molecule has 0 aliphatic rings. The Hall–Kier alpha value is -2.66. The van der Waals surface area contributed by atoms with Crippen LogP contribution >= 0.6 is 11.8 Å². The number of rotatable bonds is 4. The monoisotopic (exact) mass is 361 g/mol. The van der Waals surface area contributed by atoms with Gasteiger partial charge in [0.1, 0.15) is 0 Å². The summed E-state index contributed by atoms with van der Waals surface area (Å²) < 4.78 is 5.78. The highest BCUT2D eigenvalue weighted by molar-refractivity contribution is 7.98. The van der Waals surface area contributed by atoms with Crippen molar-refractivity contribution in [3.8, 4) is 11.5 Å². The van der Waals surface area contributed by atoms with Crippen molar-refractivity contribution in [3.05, 3.63) is 71.1 Å². The summed E-state index contributed by atoms with van der Waals surface area (Å²) in [5, 5.41) is 10.5. The van der Waals surface area contributed by atoms with Gasteiger partial charge in [-0.3, -0.25) is 0 Å². The quantitative estimate of drug-likeness (QED) is 0.449. The largest absolute Gasteiger partial charge is 0.420 e. The fourth-order valence-electron chi connectivity index (χ4n) is 3.03. The predicted octanol–water partition coefficient (Wildman–Crippen LogP) is 5.50. The Morgan fingerprint density at radius 1 is 0.923 bits per heavy atom. The molecule has 26 heavy (non-hydrogen) atoms. The van der Waals surface area contributed by atoms with E-state index in [0.717, 1.165) is 16.1 Å². The molecule has 2 aromatic heterocycles. The summed E-state index contributed by atoms with van der Waals surface area (Å²) in [7, 11) is 0. The number of hydrogen-bond donors (Lipinski definition) is 0. The number of aryl methyl sites for hydroxylation is 3. The van der Waals surface area contributed by atoms with Crippen LogP contribution in [0.4, 0.5) is 0 Å². The van der Waals surface area contributed by atoms with Crippen LogP contribution in [0.3, 0.4) is 0 Å². The van der Waals surface area contributed by atoms with Gasteiger partial charge >= 0.3 is 0 Å². The van der Waals surface area contributed by atoms with Gasteiger partial charge in [0.25, 0.3) is 0 Å². The standard InChI is InChI=1S/C21H19N3OS/c1-13-9-15(3)20-17(10-13)14(2)11-19(22-20)26-12-18-23-24-21(25-18)16-7-5-4-6-8-16/h4-11H,12H2,1-3H3. The molecule has 4 rings (SSSR count). The normalized spacial score (nSPS) is 11.2. The molecule has 2 aromatic carbocycles. The van der Waals surface area contributed by atoms with Crippen molar-refractivity contribution in [1.82, 2.24) is 15.2 Å². The summed E-state index contributed by atoms with van der Waals surface area (Å²) in [4.78, 5) is 4.83. The minimum Gasteiger partial charge on any atom is -0.420 e. The molecule has 2 heterocycles. The predicted molar refractivity (Wildman–Crippen MR) is 105 cm³/mol. The number of pyridine rings is 1. The Morgan fingerprint density at radius 2 is 1.73 bits per heavy atom. The van der Waals surface area contributed by atoms with Gasteiger partial charge in [-0.25, -0.2) is 4.98 Å². The maximum atomic E-state index is 5.78. The Kier molecular flexibility index (Phi) is 4.47. The van der Waals surface area contributed by atoms with Gasteiger partial charge < -0.3 is 4.42 Å². The first-order valence-corrected chi connectivity index (χ1v) is 9.48. The molecule has 4 nitrogen and oxygen atoms in total. The van der Waals surface area contributed by atoms with Crippen LogP contribution in [0.5, 0.6) is 0 Å². The molecule has 5 heteroatoms. The Bertz CT molecular complexity index is 1070. The van der Waals surface area contributed by atoms with Gasteiger partial charge in [0.2, 0.25) is 11.8 Å². The first kappa shape index (κ1) is 16.8. The number of fused-ring (bicyclic) bond motifs is 1. The zero-order chi connectivity index (χ0) is 18.1. The van der Waals surface area contributed by atoms with Crippen LogP contribution in [0.1, 0.15) is 22.6 Å². The van der Waals surface area contributed by atoms with Gasteiger partial charge in [0.05, 0.1) is 16.3 Å². The average Bonchev–Trinajstić information content (AvgIpc) is 3.11. The molecular formula is C21H19N3OS. The van der Waals surface area contributed by atoms with E-state index >= 15 is 0 Å². The number of benzene rings is 2. The maximum absolute atomic E-state index is 5.78. The SMILES string of the molecule is Cc1cc(C)c2nc(SCc3nnc(-c4ccccc4)o3)cc(C)c2c1. The lowest BCUT2D eigenvalue weighted by molar-refractivity contribution is 0.528. The van der Waals surface area contributed by atoms with Crippen LogP contribution in [-0.2, 0) is 5.75 Å². The molecule has 0 N–H and O–H groups in total. The van der Waals surface area contributed by atoms with Crippen LogP contribution in [0, 0.1) is 20.8 Å². The highest BCUT2D eigenvalue weighted by Gasteiger charge is 2.11. The van der Waals surface area contributed by atoms with Crippen LogP contribution in [0.25, 0.3) is 22.4 Å². The molecule has 0 amide bonds. The first-order valence-electron chi connectivity index (χ1n) is 8.49. The van der Waals surface area contributed by atoms with Crippen LogP contribution in [0.15, 0.2) is 58.0 Å². The van der Waals surface area contributed by atoms with E-state index < -0.39 is 0 Å². The minimum absolute atomic E-state index is 0.551. The number of hydrogen-bond acceptors (Lipinski definition) is 5. The molecule has 4 aromatic rings. The summed E-state index contributed by atoms with van der Waals surface area (Å²) in [5.41, 5.74) is 5.70. The molecule has 130 valence electrons. The zero-order valence-corrected chi connectivity index (χ0v) is 15.8. The number of aromatic nitrogens is 3. The molecule has 0 aliphatic carbocycles. The van der Waals surface area contributed by atoms with E-state index in [1.54, 1.807) is 11.8 Å². The van der Waals surface area contributed by atoms with Gasteiger partial charge in [-0.05, 0) is 56.2 Å². The molecule has 0 bridgehead atoms. The molecule has 0 atom stereocenters. The second-order valence-electron chi connectivity index (χ2n) is 6.41. The van der Waals surface area contributed by atoms with Gasteiger partial charge in [-0.1, -0.05) is 41.6 Å². The van der Waals surface area contributed by atoms with Gasteiger partial charge in [-0.2, -0.15) is 0 Å². The van der Waals surface area contributed by atoms with Gasteiger partial charge in [0.15, 0.2) is 0 Å². The zero-order valence-electron chi connectivity index (χ0n) is 15.0. The van der Waals surface area contributed by atoms with Crippen LogP contribution in [0.2, 0.25) is 0 Å². The fraction of sp³-hybridized carbons (Fsp3) is 0.190. The van der Waals surface area contributed by atoms with E-state index in [1.165, 1.54) is 22.1 Å². The van der Waals surface area contributed by atoms with Crippen LogP contribution < -0.4 is 0 Å². The number of thioether (sulfide) groups is 1. The molecule has 0 aliphatic heterocycles. The van der Waals surface area contributed by atoms with E-state index in [-0.39, 0.29) is 0 Å². The second kappa shape index (κ2) is 6.92. The Labute approximate surface area is 156 Å². The molecule has 0 saturated heterocycles. The lowest BCUT2D eigenvalue weighted by atomic mass is 10.0. The van der Waals surface area contributed by atoms with Crippen molar-refractivity contribution in [1.29, 1.82) is 0 Å². The lowest BCUT2D eigenvalue weighted by Crippen LogP contribution is -1.92. The van der Waals surface area contributed by atoms with E-state index in [2.05, 4.69) is 49.2 Å². The van der Waals surface area contributed by atoms with Gasteiger partial charge in [0, 0.05) is 10.9 Å². The van der Waals surface area contributed by atoms with Crippen molar-refractivity contribution in [3.63, 3.8) is 0 Å². The summed E-state index contributed by atoms with van der Waals surface area (Å²) in [6.45, 7) is 6.36. The van der Waals surface area contributed by atoms with Crippen molar-refractivity contribution < 1.29 is 4.42 Å². The third kappa shape index (κ3) is 3.35. The maximum Gasteiger partial charge on any atom is 0.247 e. The van der Waals surface area contributed by atoms with Crippen molar-refractivity contribution >= 4 is 22.7 Å². The van der Waals surface area contributed by atoms with Gasteiger partial charge in [-0.15, -0.1) is 10.2 Å². The van der Waals surface area contributed by atoms with Crippen LogP contribution in [-0.4, -0.2) is 15.2 Å². The minimum atomic E-state index is 0.551. The summed E-state index contributed by atoms with van der Waals surface area (Å²) >= 11 is 1.62. The first-order chi connectivity index (χ1) is 12.6. The van der Waals surface area contributed by atoms with E-state index in [1.807, 2.05) is 30.3 Å². The highest BCUT2D eigenvalue weighted by atomic mass is 32.2. The summed E-state index contributed by atoms with van der Waals surface area (Å²) in [6.07, 6.45) is 0. The molecule has 0 spiro atoms. The van der Waals surface area contributed by atoms with Crippen molar-refractivity contribution in [2.45, 2.75) is 31.6 Å². The van der Waals surface area contributed by atoms with E-state index in [0.29, 0.717) is 17.5 Å². The van der Waals surface area contributed by atoms with Crippen molar-refractivity contribution in [2.75, 3.05) is 0 Å². The van der Waals surface area contributed by atoms with E-state index in [4.69, 9.17) is 9.40 Å². The molecule has 0 radical (unpaired) electrons. The Morgan fingerprint density at radius 3 is 2.54 bits per heavy atom. The molecule has 0 fully saturated rings. The lowest BCUT2D eigenvalue weighted by Gasteiger charge is -2.09. The highest BCUT2D eigenvalue weighted by Crippen LogP contribution is 2.29.